The predicted molar refractivity (Wildman–Crippen MR) is 131 cm³/mol. The molecule has 3 aromatic rings. The number of carbonyl (C=O) groups is 1. The van der Waals surface area contributed by atoms with Crippen molar-refractivity contribution in [3.8, 4) is 0 Å². The number of benzene rings is 1. The third-order valence-corrected chi connectivity index (χ3v) is 7.38. The van der Waals surface area contributed by atoms with Crippen molar-refractivity contribution < 1.29 is 13.2 Å². The molecule has 1 amide bonds. The number of sulfonamides is 1. The summed E-state index contributed by atoms with van der Waals surface area (Å²) in [7, 11) is -3.84. The summed E-state index contributed by atoms with van der Waals surface area (Å²) >= 11 is 11.7. The molecule has 1 aromatic carbocycles. The summed E-state index contributed by atoms with van der Waals surface area (Å²) in [6.45, 7) is 3.53. The first-order valence-corrected chi connectivity index (χ1v) is 12.6. The van der Waals surface area contributed by atoms with Crippen molar-refractivity contribution in [1.82, 2.24) is 19.5 Å². The van der Waals surface area contributed by atoms with Crippen LogP contribution in [-0.2, 0) is 21.2 Å². The molecule has 0 spiro atoms. The number of hydrogen-bond acceptors (Lipinski definition) is 6. The van der Waals surface area contributed by atoms with Gasteiger partial charge in [0.05, 0.1) is 16.1 Å². The van der Waals surface area contributed by atoms with Crippen LogP contribution in [0.4, 0.5) is 5.69 Å². The molecule has 34 heavy (non-hydrogen) atoms. The molecular formula is C22H23Cl2N5O4S. The number of rotatable bonds is 9. The maximum absolute atomic E-state index is 12.9. The number of carbonyl (C=O) groups excluding carboxylic acids is 1. The molecular weight excluding hydrogens is 501 g/mol. The van der Waals surface area contributed by atoms with Gasteiger partial charge in [0.25, 0.3) is 5.56 Å². The smallest absolute Gasteiger partial charge is 0.287 e. The first kappa shape index (κ1) is 25.8. The molecule has 0 fully saturated rings. The Kier molecular flexibility index (Phi) is 8.42. The van der Waals surface area contributed by atoms with Gasteiger partial charge >= 0.3 is 0 Å². The highest BCUT2D eigenvalue weighted by atomic mass is 35.5. The van der Waals surface area contributed by atoms with Crippen molar-refractivity contribution in [3.05, 3.63) is 80.4 Å². The van der Waals surface area contributed by atoms with Gasteiger partial charge in [0.1, 0.15) is 11.1 Å². The summed E-state index contributed by atoms with van der Waals surface area (Å²) in [4.78, 5) is 29.5. The zero-order chi connectivity index (χ0) is 24.9. The number of aryl methyl sites for hydroxylation is 1. The molecule has 1 atom stereocenters. The number of amides is 1. The quantitative estimate of drug-likeness (QED) is 0.443. The molecule has 0 bridgehead atoms. The van der Waals surface area contributed by atoms with Crippen LogP contribution in [0.5, 0.6) is 0 Å². The summed E-state index contributed by atoms with van der Waals surface area (Å²) in [6.07, 6.45) is 3.50. The number of nitrogens with one attached hydrogen (secondary N) is 2. The van der Waals surface area contributed by atoms with Gasteiger partial charge in [-0.25, -0.2) is 17.8 Å². The van der Waals surface area contributed by atoms with Crippen molar-refractivity contribution in [2.75, 3.05) is 11.9 Å². The van der Waals surface area contributed by atoms with Crippen LogP contribution in [0.2, 0.25) is 10.0 Å². The fourth-order valence-electron chi connectivity index (χ4n) is 3.25. The van der Waals surface area contributed by atoms with E-state index in [4.69, 9.17) is 23.2 Å². The van der Waals surface area contributed by atoms with Gasteiger partial charge in [0.15, 0.2) is 0 Å². The summed E-state index contributed by atoms with van der Waals surface area (Å²) in [5.74, 6) is -0.550. The predicted octanol–water partition coefficient (Wildman–Crippen LogP) is 3.36. The maximum Gasteiger partial charge on any atom is 0.287 e. The van der Waals surface area contributed by atoms with Crippen molar-refractivity contribution in [2.24, 2.45) is 0 Å². The number of nitrogens with zero attached hydrogens (tertiary/aromatic N) is 3. The second kappa shape index (κ2) is 11.1. The minimum Gasteiger partial charge on any atom is -0.324 e. The lowest BCUT2D eigenvalue weighted by atomic mass is 10.2. The highest BCUT2D eigenvalue weighted by molar-refractivity contribution is 7.89. The van der Waals surface area contributed by atoms with E-state index in [9.17, 15) is 18.0 Å². The van der Waals surface area contributed by atoms with E-state index < -0.39 is 27.5 Å². The van der Waals surface area contributed by atoms with Crippen LogP contribution in [-0.4, -0.2) is 35.6 Å². The van der Waals surface area contributed by atoms with Gasteiger partial charge in [-0.1, -0.05) is 42.3 Å². The molecule has 180 valence electrons. The van der Waals surface area contributed by atoms with Crippen LogP contribution < -0.4 is 15.6 Å². The average Bonchev–Trinajstić information content (AvgIpc) is 2.81. The first-order valence-electron chi connectivity index (χ1n) is 10.4. The molecule has 2 heterocycles. The largest absolute Gasteiger partial charge is 0.324 e. The van der Waals surface area contributed by atoms with Crippen LogP contribution in [0.1, 0.15) is 30.6 Å². The molecule has 12 heteroatoms. The molecule has 0 saturated carbocycles. The van der Waals surface area contributed by atoms with Crippen molar-refractivity contribution in [3.63, 3.8) is 0 Å². The number of aromatic nitrogens is 3. The molecule has 0 aliphatic heterocycles. The Labute approximate surface area is 207 Å². The average molecular weight is 524 g/mol. The number of pyridine rings is 1. The monoisotopic (exact) mass is 523 g/mol. The van der Waals surface area contributed by atoms with Crippen LogP contribution in [0.15, 0.2) is 58.5 Å². The Balaban J connectivity index is 1.77. The lowest BCUT2D eigenvalue weighted by Gasteiger charge is -2.18. The number of hydrogen-bond donors (Lipinski definition) is 2. The summed E-state index contributed by atoms with van der Waals surface area (Å²) in [6, 6.07) is 9.00. The highest BCUT2D eigenvalue weighted by Gasteiger charge is 2.24. The van der Waals surface area contributed by atoms with Crippen LogP contribution in [0.25, 0.3) is 0 Å². The van der Waals surface area contributed by atoms with E-state index in [1.54, 1.807) is 38.2 Å². The Morgan fingerprint density at radius 2 is 1.97 bits per heavy atom. The van der Waals surface area contributed by atoms with E-state index in [0.29, 0.717) is 12.0 Å². The van der Waals surface area contributed by atoms with Gasteiger partial charge in [0, 0.05) is 30.5 Å². The van der Waals surface area contributed by atoms with E-state index in [0.717, 1.165) is 10.4 Å². The van der Waals surface area contributed by atoms with E-state index in [2.05, 4.69) is 20.1 Å². The highest BCUT2D eigenvalue weighted by Crippen LogP contribution is 2.22. The Hall–Kier alpha value is -2.79. The van der Waals surface area contributed by atoms with E-state index in [1.165, 1.54) is 12.3 Å². The van der Waals surface area contributed by atoms with Gasteiger partial charge in [0.2, 0.25) is 15.9 Å². The van der Waals surface area contributed by atoms with E-state index in [1.807, 2.05) is 12.1 Å². The van der Waals surface area contributed by atoms with Gasteiger partial charge in [-0.15, -0.1) is 0 Å². The van der Waals surface area contributed by atoms with E-state index in [-0.39, 0.29) is 33.6 Å². The number of anilines is 1. The van der Waals surface area contributed by atoms with Gasteiger partial charge in [-0.3, -0.25) is 14.6 Å². The van der Waals surface area contributed by atoms with Crippen molar-refractivity contribution in [2.45, 2.75) is 37.6 Å². The molecule has 0 radical (unpaired) electrons. The van der Waals surface area contributed by atoms with Crippen LogP contribution in [0, 0.1) is 6.92 Å². The normalized spacial score (nSPS) is 12.4. The molecule has 2 aromatic heterocycles. The van der Waals surface area contributed by atoms with Crippen molar-refractivity contribution in [1.29, 1.82) is 0 Å². The minimum atomic E-state index is -3.84. The standard InChI is InChI=1S/C22H23Cl2N5O4S/c1-3-18(29-22(31)20(24)17(23)13-26-29)21(30)28-16-8-7-14(2)19(12-16)34(32,33)27-11-9-15-6-4-5-10-25-15/h4-8,10,12-13,18,27H,3,9,11H2,1-2H3,(H,28,30). The Morgan fingerprint density at radius 1 is 1.21 bits per heavy atom. The summed E-state index contributed by atoms with van der Waals surface area (Å²) in [5.41, 5.74) is 0.838. The van der Waals surface area contributed by atoms with Gasteiger partial charge in [-0.2, -0.15) is 5.10 Å². The zero-order valence-electron chi connectivity index (χ0n) is 18.5. The zero-order valence-corrected chi connectivity index (χ0v) is 20.8. The Bertz CT molecular complexity index is 1350. The Morgan fingerprint density at radius 3 is 2.65 bits per heavy atom. The number of halogens is 2. The molecule has 9 nitrogen and oxygen atoms in total. The van der Waals surface area contributed by atoms with Gasteiger partial charge < -0.3 is 5.32 Å². The van der Waals surface area contributed by atoms with E-state index >= 15 is 0 Å². The molecule has 0 aliphatic rings. The summed E-state index contributed by atoms with van der Waals surface area (Å²) in [5, 5.41) is 6.33. The molecule has 3 rings (SSSR count). The maximum atomic E-state index is 12.9. The first-order chi connectivity index (χ1) is 16.1. The van der Waals surface area contributed by atoms with Crippen LogP contribution in [0.3, 0.4) is 0 Å². The molecule has 0 saturated heterocycles. The lowest BCUT2D eigenvalue weighted by molar-refractivity contribution is -0.119. The molecule has 2 N–H and O–H groups in total. The SMILES string of the molecule is CCC(C(=O)Nc1ccc(C)c(S(=O)(=O)NCCc2ccccn2)c1)n1ncc(Cl)c(Cl)c1=O. The second-order valence-electron chi connectivity index (χ2n) is 7.42. The topological polar surface area (TPSA) is 123 Å². The summed E-state index contributed by atoms with van der Waals surface area (Å²) < 4.78 is 29.3. The fourth-order valence-corrected chi connectivity index (χ4v) is 4.81. The lowest BCUT2D eigenvalue weighted by Crippen LogP contribution is -2.35. The third-order valence-electron chi connectivity index (χ3n) is 5.03. The molecule has 1 unspecified atom stereocenters. The minimum absolute atomic E-state index is 0.0119. The van der Waals surface area contributed by atoms with Gasteiger partial charge in [-0.05, 0) is 43.2 Å². The second-order valence-corrected chi connectivity index (χ2v) is 9.94. The third kappa shape index (κ3) is 6.01. The van der Waals surface area contributed by atoms with Crippen LogP contribution >= 0.6 is 23.2 Å². The van der Waals surface area contributed by atoms with Crippen molar-refractivity contribution >= 4 is 44.8 Å². The molecule has 0 aliphatic carbocycles. The fraction of sp³-hybridized carbons (Fsp3) is 0.273.